The molecule has 0 bridgehead atoms. The molecule has 0 heterocycles. The molecule has 10 heavy (non-hydrogen) atoms. The monoisotopic (exact) mass is 160 g/mol. The van der Waals surface area contributed by atoms with Crippen molar-refractivity contribution >= 4 is 9.76 Å². The van der Waals surface area contributed by atoms with E-state index in [4.69, 9.17) is 4.43 Å². The maximum atomic E-state index is 5.72. The fourth-order valence-electron chi connectivity index (χ4n) is 0.510. The first-order valence-corrected chi connectivity index (χ1v) is 5.49. The Labute approximate surface area is 67.1 Å². The summed E-state index contributed by atoms with van der Waals surface area (Å²) in [5, 5.41) is 0. The molecular formula is C8H20OSi. The minimum atomic E-state index is -0.269. The van der Waals surface area contributed by atoms with Crippen molar-refractivity contribution in [3.8, 4) is 0 Å². The van der Waals surface area contributed by atoms with Crippen molar-refractivity contribution in [2.45, 2.75) is 52.2 Å². The third kappa shape index (κ3) is 6.30. The maximum Gasteiger partial charge on any atom is 0.165 e. The molecule has 1 unspecified atom stereocenters. The molecule has 0 saturated carbocycles. The highest BCUT2D eigenvalue weighted by atomic mass is 28.2. The van der Waals surface area contributed by atoms with E-state index in [2.05, 4.69) is 34.6 Å². The molecule has 0 aliphatic rings. The van der Waals surface area contributed by atoms with E-state index >= 15 is 0 Å². The Bertz CT molecular complexity index is 85.7. The van der Waals surface area contributed by atoms with Crippen LogP contribution >= 0.6 is 0 Å². The van der Waals surface area contributed by atoms with E-state index in [1.807, 2.05) is 0 Å². The third-order valence-electron chi connectivity index (χ3n) is 1.50. The van der Waals surface area contributed by atoms with Gasteiger partial charge in [0.15, 0.2) is 9.76 Å². The summed E-state index contributed by atoms with van der Waals surface area (Å²) in [5.41, 5.74) is 0.926. The Hall–Kier alpha value is 0.177. The van der Waals surface area contributed by atoms with Gasteiger partial charge in [0.25, 0.3) is 0 Å². The molecule has 0 saturated heterocycles. The standard InChI is InChI=1S/C8H20OSi/c1-6-7(2)10-9-8(3,4)5/h7H,6,10H2,1-5H3. The molecule has 1 nitrogen and oxygen atoms in total. The van der Waals surface area contributed by atoms with Gasteiger partial charge in [-0.15, -0.1) is 0 Å². The molecule has 62 valence electrons. The lowest BCUT2D eigenvalue weighted by Gasteiger charge is -2.21. The van der Waals surface area contributed by atoms with Crippen molar-refractivity contribution in [1.82, 2.24) is 0 Å². The van der Waals surface area contributed by atoms with Gasteiger partial charge in [-0.2, -0.15) is 0 Å². The molecule has 2 heteroatoms. The fraction of sp³-hybridized carbons (Fsp3) is 1.00. The molecule has 0 amide bonds. The molecule has 0 aliphatic heterocycles. The van der Waals surface area contributed by atoms with Crippen molar-refractivity contribution in [3.63, 3.8) is 0 Å². The summed E-state index contributed by atoms with van der Waals surface area (Å²) in [6.07, 6.45) is 1.27. The largest absolute Gasteiger partial charge is 0.419 e. The Morgan fingerprint density at radius 3 is 2.20 bits per heavy atom. The first-order valence-electron chi connectivity index (χ1n) is 4.09. The normalized spacial score (nSPS) is 16.5. The maximum absolute atomic E-state index is 5.72. The first kappa shape index (κ1) is 10.2. The third-order valence-corrected chi connectivity index (χ3v) is 3.68. The number of rotatable bonds is 3. The second-order valence-corrected chi connectivity index (χ2v) is 5.95. The topological polar surface area (TPSA) is 9.23 Å². The highest BCUT2D eigenvalue weighted by Crippen LogP contribution is 2.12. The van der Waals surface area contributed by atoms with Crippen molar-refractivity contribution < 1.29 is 4.43 Å². The van der Waals surface area contributed by atoms with Gasteiger partial charge in [0.2, 0.25) is 0 Å². The van der Waals surface area contributed by atoms with Crippen LogP contribution < -0.4 is 0 Å². The lowest BCUT2D eigenvalue weighted by Crippen LogP contribution is -2.23. The molecule has 0 spiro atoms. The predicted octanol–water partition coefficient (Wildman–Crippen LogP) is 2.10. The molecule has 0 rings (SSSR count). The minimum Gasteiger partial charge on any atom is -0.419 e. The summed E-state index contributed by atoms with van der Waals surface area (Å²) in [4.78, 5) is 0. The van der Waals surface area contributed by atoms with Gasteiger partial charge in [-0.1, -0.05) is 20.3 Å². The van der Waals surface area contributed by atoms with Crippen LogP contribution in [0.5, 0.6) is 0 Å². The van der Waals surface area contributed by atoms with E-state index in [0.717, 1.165) is 5.54 Å². The van der Waals surface area contributed by atoms with Crippen LogP contribution in [-0.2, 0) is 4.43 Å². The quantitative estimate of drug-likeness (QED) is 0.575. The van der Waals surface area contributed by atoms with Gasteiger partial charge in [0, 0.05) is 5.60 Å². The molecule has 0 radical (unpaired) electrons. The lowest BCUT2D eigenvalue weighted by atomic mass is 10.2. The summed E-state index contributed by atoms with van der Waals surface area (Å²) < 4.78 is 5.72. The van der Waals surface area contributed by atoms with E-state index in [-0.39, 0.29) is 15.4 Å². The van der Waals surface area contributed by atoms with Crippen LogP contribution in [0.3, 0.4) is 0 Å². The van der Waals surface area contributed by atoms with Crippen molar-refractivity contribution in [2.75, 3.05) is 0 Å². The first-order chi connectivity index (χ1) is 4.45. The number of hydrogen-bond acceptors (Lipinski definition) is 1. The molecule has 1 atom stereocenters. The van der Waals surface area contributed by atoms with Gasteiger partial charge in [0.1, 0.15) is 0 Å². The molecule has 0 N–H and O–H groups in total. The zero-order valence-electron chi connectivity index (χ0n) is 7.90. The van der Waals surface area contributed by atoms with Gasteiger partial charge in [-0.3, -0.25) is 0 Å². The summed E-state index contributed by atoms with van der Waals surface area (Å²) >= 11 is 0. The predicted molar refractivity (Wildman–Crippen MR) is 49.1 cm³/mol. The van der Waals surface area contributed by atoms with Crippen LogP contribution in [0, 0.1) is 0 Å². The van der Waals surface area contributed by atoms with Crippen LogP contribution in [0.2, 0.25) is 5.54 Å². The van der Waals surface area contributed by atoms with Crippen molar-refractivity contribution in [3.05, 3.63) is 0 Å². The molecule has 0 aromatic carbocycles. The summed E-state index contributed by atoms with van der Waals surface area (Å²) in [6.45, 7) is 10.9. The molecular weight excluding hydrogens is 140 g/mol. The Kier molecular flexibility index (Phi) is 4.21. The van der Waals surface area contributed by atoms with Crippen LogP contribution in [0.4, 0.5) is 0 Å². The van der Waals surface area contributed by atoms with Crippen molar-refractivity contribution in [2.24, 2.45) is 0 Å². The highest BCUT2D eigenvalue weighted by molar-refractivity contribution is 6.29. The van der Waals surface area contributed by atoms with Crippen LogP contribution in [0.1, 0.15) is 41.0 Å². The van der Waals surface area contributed by atoms with E-state index in [1.54, 1.807) is 0 Å². The van der Waals surface area contributed by atoms with Gasteiger partial charge in [0.05, 0.1) is 0 Å². The Morgan fingerprint density at radius 2 is 1.90 bits per heavy atom. The summed E-state index contributed by atoms with van der Waals surface area (Å²) in [7, 11) is -0.269. The second kappa shape index (κ2) is 4.14. The minimum absolute atomic E-state index is 0.0929. The Morgan fingerprint density at radius 1 is 1.40 bits per heavy atom. The zero-order valence-corrected chi connectivity index (χ0v) is 9.31. The lowest BCUT2D eigenvalue weighted by molar-refractivity contribution is 0.135. The number of hydrogen-bond donors (Lipinski definition) is 0. The smallest absolute Gasteiger partial charge is 0.165 e. The summed E-state index contributed by atoms with van der Waals surface area (Å²) in [6, 6.07) is 0. The van der Waals surface area contributed by atoms with Crippen molar-refractivity contribution in [1.29, 1.82) is 0 Å². The molecule has 0 aromatic rings. The SMILES string of the molecule is CCC(C)[SiH2]OC(C)(C)C. The molecule has 0 aromatic heterocycles. The Balaban J connectivity index is 3.36. The van der Waals surface area contributed by atoms with E-state index in [1.165, 1.54) is 6.42 Å². The molecule has 0 aliphatic carbocycles. The van der Waals surface area contributed by atoms with Gasteiger partial charge < -0.3 is 4.43 Å². The van der Waals surface area contributed by atoms with E-state index in [0.29, 0.717) is 0 Å². The summed E-state index contributed by atoms with van der Waals surface area (Å²) in [5.74, 6) is 0. The second-order valence-electron chi connectivity index (χ2n) is 3.94. The fourth-order valence-corrected chi connectivity index (χ4v) is 1.53. The van der Waals surface area contributed by atoms with Crippen LogP contribution in [-0.4, -0.2) is 15.4 Å². The van der Waals surface area contributed by atoms with E-state index in [9.17, 15) is 0 Å². The average molecular weight is 160 g/mol. The van der Waals surface area contributed by atoms with Gasteiger partial charge in [-0.05, 0) is 26.3 Å². The van der Waals surface area contributed by atoms with E-state index < -0.39 is 0 Å². The van der Waals surface area contributed by atoms with Crippen LogP contribution in [0.15, 0.2) is 0 Å². The van der Waals surface area contributed by atoms with Gasteiger partial charge in [-0.25, -0.2) is 0 Å². The average Bonchev–Trinajstić information content (AvgIpc) is 1.81. The highest BCUT2D eigenvalue weighted by Gasteiger charge is 2.11. The molecule has 0 fully saturated rings. The van der Waals surface area contributed by atoms with Crippen LogP contribution in [0.25, 0.3) is 0 Å². The zero-order chi connectivity index (χ0) is 8.20. The van der Waals surface area contributed by atoms with Gasteiger partial charge >= 0.3 is 0 Å².